The van der Waals surface area contributed by atoms with Gasteiger partial charge in [-0.3, -0.25) is 9.78 Å². The molecule has 0 saturated carbocycles. The third kappa shape index (κ3) is 4.34. The standard InChI is InChI=1S/C16H17Cl2N5O3/c1-25-4-5-26-9-23-14-13(8-20-23)21-16(22-15(14)24)19-7-10-2-3-11(17)12(18)6-10/h2-3,6,8H,4-5,7,9H2,1H3,(H2,19,21,22,24). The number of H-pyrrole nitrogens is 1. The SMILES string of the molecule is COCCOCn1ncc2nc(NCc3ccc(Cl)c(Cl)c3)[nH]c(=O)c21. The molecule has 0 saturated heterocycles. The summed E-state index contributed by atoms with van der Waals surface area (Å²) in [6.07, 6.45) is 1.52. The molecule has 8 nitrogen and oxygen atoms in total. The Kier molecular flexibility index (Phi) is 6.10. The molecular formula is C16H17Cl2N5O3. The average molecular weight is 398 g/mol. The first-order valence-electron chi connectivity index (χ1n) is 7.79. The van der Waals surface area contributed by atoms with Crippen LogP contribution >= 0.6 is 23.2 Å². The van der Waals surface area contributed by atoms with Crippen molar-refractivity contribution in [1.29, 1.82) is 0 Å². The number of hydrogen-bond acceptors (Lipinski definition) is 6. The predicted molar refractivity (Wildman–Crippen MR) is 99.8 cm³/mol. The monoisotopic (exact) mass is 397 g/mol. The van der Waals surface area contributed by atoms with Gasteiger partial charge in [0.25, 0.3) is 5.56 Å². The van der Waals surface area contributed by atoms with Crippen molar-refractivity contribution in [3.8, 4) is 0 Å². The van der Waals surface area contributed by atoms with E-state index in [1.165, 1.54) is 10.9 Å². The first kappa shape index (κ1) is 18.7. The fraction of sp³-hybridized carbons (Fsp3) is 0.312. The maximum absolute atomic E-state index is 12.4. The van der Waals surface area contributed by atoms with Crippen LogP contribution in [0.2, 0.25) is 10.0 Å². The van der Waals surface area contributed by atoms with E-state index in [2.05, 4.69) is 20.4 Å². The lowest BCUT2D eigenvalue weighted by atomic mass is 10.2. The van der Waals surface area contributed by atoms with E-state index in [4.69, 9.17) is 32.7 Å². The number of benzene rings is 1. The topological polar surface area (TPSA) is 94.1 Å². The minimum absolute atomic E-state index is 0.146. The number of nitrogens with zero attached hydrogens (tertiary/aromatic N) is 3. The number of aromatic amines is 1. The van der Waals surface area contributed by atoms with Crippen molar-refractivity contribution in [3.63, 3.8) is 0 Å². The molecule has 2 N–H and O–H groups in total. The van der Waals surface area contributed by atoms with Crippen molar-refractivity contribution in [1.82, 2.24) is 19.7 Å². The summed E-state index contributed by atoms with van der Waals surface area (Å²) in [4.78, 5) is 19.4. The van der Waals surface area contributed by atoms with E-state index in [-0.39, 0.29) is 12.3 Å². The fourth-order valence-corrected chi connectivity index (χ4v) is 2.64. The zero-order chi connectivity index (χ0) is 18.5. The van der Waals surface area contributed by atoms with Crippen LogP contribution in [0.1, 0.15) is 5.56 Å². The number of fused-ring (bicyclic) bond motifs is 1. The summed E-state index contributed by atoms with van der Waals surface area (Å²) in [5.74, 6) is 0.341. The number of methoxy groups -OCH3 is 1. The Balaban J connectivity index is 1.72. The third-order valence-corrected chi connectivity index (χ3v) is 4.33. The van der Waals surface area contributed by atoms with Crippen LogP contribution in [0.5, 0.6) is 0 Å². The highest BCUT2D eigenvalue weighted by Gasteiger charge is 2.10. The molecule has 0 aliphatic carbocycles. The number of nitrogens with one attached hydrogen (secondary N) is 2. The highest BCUT2D eigenvalue weighted by Crippen LogP contribution is 2.22. The molecule has 0 aliphatic heterocycles. The Morgan fingerprint density at radius 2 is 2.12 bits per heavy atom. The number of aromatic nitrogens is 4. The van der Waals surface area contributed by atoms with Crippen LogP contribution in [0, 0.1) is 0 Å². The van der Waals surface area contributed by atoms with E-state index in [0.717, 1.165) is 5.56 Å². The van der Waals surface area contributed by atoms with Crippen LogP contribution in [0.3, 0.4) is 0 Å². The molecule has 2 aromatic heterocycles. The highest BCUT2D eigenvalue weighted by molar-refractivity contribution is 6.42. The van der Waals surface area contributed by atoms with Gasteiger partial charge in [-0.25, -0.2) is 9.67 Å². The van der Waals surface area contributed by atoms with Crippen LogP contribution < -0.4 is 10.9 Å². The van der Waals surface area contributed by atoms with Gasteiger partial charge in [-0.2, -0.15) is 5.10 Å². The lowest BCUT2D eigenvalue weighted by Crippen LogP contribution is -2.17. The first-order chi connectivity index (χ1) is 12.6. The highest BCUT2D eigenvalue weighted by atomic mass is 35.5. The molecule has 138 valence electrons. The average Bonchev–Trinajstić information content (AvgIpc) is 3.03. The van der Waals surface area contributed by atoms with E-state index in [1.807, 2.05) is 6.07 Å². The van der Waals surface area contributed by atoms with Crippen molar-refractivity contribution in [2.24, 2.45) is 0 Å². The molecule has 0 unspecified atom stereocenters. The van der Waals surface area contributed by atoms with Crippen LogP contribution in [0.25, 0.3) is 11.0 Å². The van der Waals surface area contributed by atoms with E-state index in [0.29, 0.717) is 46.8 Å². The Hall–Kier alpha value is -2.13. The van der Waals surface area contributed by atoms with Gasteiger partial charge in [0.1, 0.15) is 12.2 Å². The van der Waals surface area contributed by atoms with E-state index < -0.39 is 0 Å². The maximum atomic E-state index is 12.4. The zero-order valence-corrected chi connectivity index (χ0v) is 15.5. The number of halogens is 2. The number of anilines is 1. The Bertz CT molecular complexity index is 957. The second-order valence-electron chi connectivity index (χ2n) is 5.42. The second kappa shape index (κ2) is 8.50. The van der Waals surface area contributed by atoms with Crippen molar-refractivity contribution < 1.29 is 9.47 Å². The molecule has 1 aromatic carbocycles. The quantitative estimate of drug-likeness (QED) is 0.567. The Labute approximate surface area is 159 Å². The maximum Gasteiger partial charge on any atom is 0.278 e. The van der Waals surface area contributed by atoms with Gasteiger partial charge in [0.2, 0.25) is 5.95 Å². The normalized spacial score (nSPS) is 11.2. The molecule has 0 fully saturated rings. The Morgan fingerprint density at radius 1 is 1.27 bits per heavy atom. The van der Waals surface area contributed by atoms with Gasteiger partial charge in [-0.15, -0.1) is 0 Å². The zero-order valence-electron chi connectivity index (χ0n) is 14.0. The molecule has 0 radical (unpaired) electrons. The van der Waals surface area contributed by atoms with Gasteiger partial charge in [0.15, 0.2) is 5.52 Å². The third-order valence-electron chi connectivity index (χ3n) is 3.59. The van der Waals surface area contributed by atoms with Gasteiger partial charge in [0, 0.05) is 13.7 Å². The van der Waals surface area contributed by atoms with Crippen molar-refractivity contribution in [2.45, 2.75) is 13.3 Å². The van der Waals surface area contributed by atoms with E-state index in [1.54, 1.807) is 19.2 Å². The lowest BCUT2D eigenvalue weighted by Gasteiger charge is -2.07. The van der Waals surface area contributed by atoms with Gasteiger partial charge < -0.3 is 14.8 Å². The summed E-state index contributed by atoms with van der Waals surface area (Å²) in [7, 11) is 1.59. The molecule has 0 amide bonds. The summed E-state index contributed by atoms with van der Waals surface area (Å²) >= 11 is 11.9. The van der Waals surface area contributed by atoms with Crippen molar-refractivity contribution in [2.75, 3.05) is 25.6 Å². The molecule has 26 heavy (non-hydrogen) atoms. The molecule has 0 bridgehead atoms. The Morgan fingerprint density at radius 3 is 2.88 bits per heavy atom. The molecule has 10 heteroatoms. The largest absolute Gasteiger partial charge is 0.382 e. The van der Waals surface area contributed by atoms with Gasteiger partial charge >= 0.3 is 0 Å². The van der Waals surface area contributed by atoms with Gasteiger partial charge in [-0.05, 0) is 17.7 Å². The minimum Gasteiger partial charge on any atom is -0.382 e. The summed E-state index contributed by atoms with van der Waals surface area (Å²) in [5.41, 5.74) is 1.42. The molecule has 0 aliphatic rings. The fourth-order valence-electron chi connectivity index (χ4n) is 2.32. The van der Waals surface area contributed by atoms with E-state index >= 15 is 0 Å². The first-order valence-corrected chi connectivity index (χ1v) is 8.54. The molecule has 3 rings (SSSR count). The van der Waals surface area contributed by atoms with Crippen LogP contribution in [-0.2, 0) is 22.7 Å². The smallest absolute Gasteiger partial charge is 0.278 e. The minimum atomic E-state index is -0.306. The summed E-state index contributed by atoms with van der Waals surface area (Å²) < 4.78 is 11.8. The molecule has 0 atom stereocenters. The lowest BCUT2D eigenvalue weighted by molar-refractivity contribution is 0.0307. The summed E-state index contributed by atoms with van der Waals surface area (Å²) in [6.45, 7) is 1.45. The van der Waals surface area contributed by atoms with Crippen LogP contribution in [0.15, 0.2) is 29.2 Å². The van der Waals surface area contributed by atoms with Crippen molar-refractivity contribution >= 4 is 40.2 Å². The van der Waals surface area contributed by atoms with Gasteiger partial charge in [0.05, 0.1) is 29.5 Å². The van der Waals surface area contributed by atoms with Crippen molar-refractivity contribution in [3.05, 3.63) is 50.4 Å². The summed E-state index contributed by atoms with van der Waals surface area (Å²) in [6, 6.07) is 5.31. The second-order valence-corrected chi connectivity index (χ2v) is 6.24. The van der Waals surface area contributed by atoms with E-state index in [9.17, 15) is 4.79 Å². The molecular weight excluding hydrogens is 381 g/mol. The molecule has 3 aromatic rings. The number of hydrogen-bond donors (Lipinski definition) is 2. The van der Waals surface area contributed by atoms with Crippen LogP contribution in [-0.4, -0.2) is 40.1 Å². The van der Waals surface area contributed by atoms with Crippen LogP contribution in [0.4, 0.5) is 5.95 Å². The number of rotatable bonds is 8. The molecule has 2 heterocycles. The molecule has 0 spiro atoms. The number of ether oxygens (including phenoxy) is 2. The summed E-state index contributed by atoms with van der Waals surface area (Å²) in [5, 5.41) is 8.16. The predicted octanol–water partition coefficient (Wildman–Crippen LogP) is 2.66. The van der Waals surface area contributed by atoms with Gasteiger partial charge in [-0.1, -0.05) is 29.3 Å².